The third-order valence-corrected chi connectivity index (χ3v) is 6.20. The number of hydrogen-bond donors (Lipinski definition) is 1. The van der Waals surface area contributed by atoms with Crippen LogP contribution in [0.25, 0.3) is 0 Å². The highest BCUT2D eigenvalue weighted by molar-refractivity contribution is 5.49. The summed E-state index contributed by atoms with van der Waals surface area (Å²) in [5.41, 5.74) is 3.42. The summed E-state index contributed by atoms with van der Waals surface area (Å²) >= 11 is 0. The van der Waals surface area contributed by atoms with Crippen LogP contribution < -0.4 is 24.3 Å². The molecule has 1 saturated heterocycles. The SMILES string of the molecule is COc1ccc(C(c2ccc(OCc3ccccc3)c(OC)c2)N2CCCNCC2)cc1OC. The number of ether oxygens (including phenoxy) is 4. The largest absolute Gasteiger partial charge is 0.493 e. The highest BCUT2D eigenvalue weighted by atomic mass is 16.5. The molecule has 3 aromatic carbocycles. The van der Waals surface area contributed by atoms with Gasteiger partial charge in [-0.1, -0.05) is 42.5 Å². The van der Waals surface area contributed by atoms with Gasteiger partial charge in [-0.15, -0.1) is 0 Å². The molecule has 0 amide bonds. The molecular weight excluding hydrogens is 428 g/mol. The van der Waals surface area contributed by atoms with Crippen molar-refractivity contribution >= 4 is 0 Å². The van der Waals surface area contributed by atoms with Crippen molar-refractivity contribution in [2.75, 3.05) is 47.5 Å². The van der Waals surface area contributed by atoms with Gasteiger partial charge in [0.1, 0.15) is 6.61 Å². The van der Waals surface area contributed by atoms with Crippen LogP contribution in [0.15, 0.2) is 66.7 Å². The van der Waals surface area contributed by atoms with Gasteiger partial charge in [-0.3, -0.25) is 4.90 Å². The molecule has 3 aromatic rings. The summed E-state index contributed by atoms with van der Waals surface area (Å²) in [6.07, 6.45) is 1.10. The number of benzene rings is 3. The lowest BCUT2D eigenvalue weighted by Gasteiger charge is -2.32. The average Bonchev–Trinajstić information content (AvgIpc) is 3.18. The van der Waals surface area contributed by atoms with E-state index in [1.807, 2.05) is 30.3 Å². The molecule has 6 heteroatoms. The first-order valence-corrected chi connectivity index (χ1v) is 11.7. The zero-order valence-corrected chi connectivity index (χ0v) is 20.3. The molecule has 1 fully saturated rings. The summed E-state index contributed by atoms with van der Waals surface area (Å²) in [6.45, 7) is 4.44. The molecule has 0 spiro atoms. The van der Waals surface area contributed by atoms with Crippen LogP contribution in [-0.2, 0) is 6.61 Å². The molecule has 0 aliphatic carbocycles. The molecule has 1 aliphatic rings. The summed E-state index contributed by atoms with van der Waals surface area (Å²) in [5.74, 6) is 2.92. The minimum atomic E-state index is 0.0526. The minimum absolute atomic E-state index is 0.0526. The third-order valence-electron chi connectivity index (χ3n) is 6.20. The van der Waals surface area contributed by atoms with Gasteiger partial charge < -0.3 is 24.3 Å². The van der Waals surface area contributed by atoms with Gasteiger partial charge in [-0.05, 0) is 53.9 Å². The standard InChI is InChI=1S/C28H34N2O4/c1-31-24-12-10-22(18-26(24)32-2)28(30-16-7-14-29-15-17-30)23-11-13-25(27(19-23)33-3)34-20-21-8-5-4-6-9-21/h4-6,8-13,18-19,28-29H,7,14-17,20H2,1-3H3. The van der Waals surface area contributed by atoms with Crippen molar-refractivity contribution < 1.29 is 18.9 Å². The fourth-order valence-electron chi connectivity index (χ4n) is 4.47. The number of rotatable bonds is 9. The molecule has 0 bridgehead atoms. The Kier molecular flexibility index (Phi) is 8.28. The van der Waals surface area contributed by atoms with Crippen LogP contribution >= 0.6 is 0 Å². The summed E-state index contributed by atoms with van der Waals surface area (Å²) in [4.78, 5) is 2.51. The van der Waals surface area contributed by atoms with Crippen LogP contribution in [0.2, 0.25) is 0 Å². The Bertz CT molecular complexity index is 1050. The lowest BCUT2D eigenvalue weighted by Crippen LogP contribution is -2.33. The van der Waals surface area contributed by atoms with Gasteiger partial charge in [0.15, 0.2) is 23.0 Å². The average molecular weight is 463 g/mol. The Morgan fingerprint density at radius 2 is 1.38 bits per heavy atom. The molecule has 0 radical (unpaired) electrons. The van der Waals surface area contributed by atoms with Crippen LogP contribution in [0.3, 0.4) is 0 Å². The van der Waals surface area contributed by atoms with E-state index < -0.39 is 0 Å². The smallest absolute Gasteiger partial charge is 0.161 e. The van der Waals surface area contributed by atoms with Gasteiger partial charge >= 0.3 is 0 Å². The molecule has 1 atom stereocenters. The van der Waals surface area contributed by atoms with Crippen molar-refractivity contribution in [2.24, 2.45) is 0 Å². The van der Waals surface area contributed by atoms with Crippen molar-refractivity contribution in [3.63, 3.8) is 0 Å². The van der Waals surface area contributed by atoms with E-state index in [9.17, 15) is 0 Å². The minimum Gasteiger partial charge on any atom is -0.493 e. The van der Waals surface area contributed by atoms with E-state index >= 15 is 0 Å². The van der Waals surface area contributed by atoms with Gasteiger partial charge in [-0.25, -0.2) is 0 Å². The second kappa shape index (κ2) is 11.8. The maximum atomic E-state index is 6.10. The Balaban J connectivity index is 1.67. The lowest BCUT2D eigenvalue weighted by atomic mass is 9.95. The van der Waals surface area contributed by atoms with Crippen LogP contribution in [0.4, 0.5) is 0 Å². The van der Waals surface area contributed by atoms with Gasteiger partial charge in [0.2, 0.25) is 0 Å². The molecule has 1 aliphatic heterocycles. The van der Waals surface area contributed by atoms with Crippen LogP contribution in [0.1, 0.15) is 29.2 Å². The van der Waals surface area contributed by atoms with Crippen molar-refractivity contribution in [1.29, 1.82) is 0 Å². The fraction of sp³-hybridized carbons (Fsp3) is 0.357. The van der Waals surface area contributed by atoms with E-state index in [0.717, 1.165) is 72.3 Å². The second-order valence-electron chi connectivity index (χ2n) is 8.34. The molecule has 1 unspecified atom stereocenters. The van der Waals surface area contributed by atoms with Gasteiger partial charge in [-0.2, -0.15) is 0 Å². The topological polar surface area (TPSA) is 52.2 Å². The molecular formula is C28H34N2O4. The van der Waals surface area contributed by atoms with Gasteiger partial charge in [0.25, 0.3) is 0 Å². The molecule has 1 N–H and O–H groups in total. The van der Waals surface area contributed by atoms with E-state index in [0.29, 0.717) is 6.61 Å². The van der Waals surface area contributed by atoms with Crippen LogP contribution in [0.5, 0.6) is 23.0 Å². The van der Waals surface area contributed by atoms with Gasteiger partial charge in [0.05, 0.1) is 27.4 Å². The van der Waals surface area contributed by atoms with Crippen molar-refractivity contribution in [2.45, 2.75) is 19.1 Å². The first kappa shape index (κ1) is 23.9. The maximum absolute atomic E-state index is 6.10. The summed E-state index contributed by atoms with van der Waals surface area (Å²) in [6, 6.07) is 22.6. The molecule has 4 rings (SSSR count). The lowest BCUT2D eigenvalue weighted by molar-refractivity contribution is 0.239. The molecule has 6 nitrogen and oxygen atoms in total. The summed E-state index contributed by atoms with van der Waals surface area (Å²) < 4.78 is 22.9. The zero-order chi connectivity index (χ0) is 23.8. The van der Waals surface area contributed by atoms with Crippen molar-refractivity contribution in [3.8, 4) is 23.0 Å². The number of hydrogen-bond acceptors (Lipinski definition) is 6. The normalized spacial score (nSPS) is 15.3. The highest BCUT2D eigenvalue weighted by Gasteiger charge is 2.25. The van der Waals surface area contributed by atoms with E-state index in [2.05, 4.69) is 46.6 Å². The predicted octanol–water partition coefficient (Wildman–Crippen LogP) is 4.68. The Hall–Kier alpha value is -3.22. The van der Waals surface area contributed by atoms with E-state index in [1.54, 1.807) is 21.3 Å². The Morgan fingerprint density at radius 3 is 2.06 bits per heavy atom. The van der Waals surface area contributed by atoms with E-state index in [-0.39, 0.29) is 6.04 Å². The van der Waals surface area contributed by atoms with E-state index in [1.165, 1.54) is 0 Å². The van der Waals surface area contributed by atoms with E-state index in [4.69, 9.17) is 18.9 Å². The monoisotopic (exact) mass is 462 g/mol. The summed E-state index contributed by atoms with van der Waals surface area (Å²) in [5, 5.41) is 3.51. The van der Waals surface area contributed by atoms with Crippen LogP contribution in [0, 0.1) is 0 Å². The molecule has 0 aromatic heterocycles. The fourth-order valence-corrected chi connectivity index (χ4v) is 4.47. The first-order chi connectivity index (χ1) is 16.7. The quantitative estimate of drug-likeness (QED) is 0.499. The Morgan fingerprint density at radius 1 is 0.735 bits per heavy atom. The predicted molar refractivity (Wildman–Crippen MR) is 134 cm³/mol. The second-order valence-corrected chi connectivity index (χ2v) is 8.34. The summed E-state index contributed by atoms with van der Waals surface area (Å²) in [7, 11) is 5.03. The van der Waals surface area contributed by atoms with Crippen molar-refractivity contribution in [1.82, 2.24) is 10.2 Å². The first-order valence-electron chi connectivity index (χ1n) is 11.7. The molecule has 34 heavy (non-hydrogen) atoms. The number of methoxy groups -OCH3 is 3. The number of nitrogens with one attached hydrogen (secondary N) is 1. The Labute approximate surface area is 202 Å². The van der Waals surface area contributed by atoms with Crippen molar-refractivity contribution in [3.05, 3.63) is 83.4 Å². The molecule has 0 saturated carbocycles. The van der Waals surface area contributed by atoms with Crippen LogP contribution in [-0.4, -0.2) is 52.4 Å². The third kappa shape index (κ3) is 5.64. The highest BCUT2D eigenvalue weighted by Crippen LogP contribution is 2.38. The van der Waals surface area contributed by atoms with Gasteiger partial charge in [0, 0.05) is 19.6 Å². The zero-order valence-electron chi connectivity index (χ0n) is 20.3. The maximum Gasteiger partial charge on any atom is 0.161 e. The molecule has 180 valence electrons. The number of nitrogens with zero attached hydrogens (tertiary/aromatic N) is 1. The molecule has 1 heterocycles.